The number of anilines is 3. The van der Waals surface area contributed by atoms with Gasteiger partial charge in [-0.3, -0.25) is 14.5 Å². The van der Waals surface area contributed by atoms with E-state index in [0.717, 1.165) is 69.3 Å². The van der Waals surface area contributed by atoms with Crippen molar-refractivity contribution in [2.45, 2.75) is 24.8 Å². The van der Waals surface area contributed by atoms with E-state index in [2.05, 4.69) is 99.5 Å². The van der Waals surface area contributed by atoms with Gasteiger partial charge in [0.05, 0.1) is 22.6 Å². The van der Waals surface area contributed by atoms with Crippen LogP contribution in [0.1, 0.15) is 24.8 Å². The lowest BCUT2D eigenvalue weighted by Gasteiger charge is -2.39. The number of halogens is 4. The standard InChI is InChI=1S/C33H26N6.4ClH/c34-33(16-5-17-33)24-12-14-25(15-13-24)39-29-8-2-1-7-26(29)31-37-28(21-38(31)30-9-4-19-36-32(30)39)23-11-10-22-6-3-18-35-27(22)20-23;;;;/h1-4,6-15,18-21H,5,16-17,34H2;4*1H. The molecule has 43 heavy (non-hydrogen) atoms. The number of rotatable bonds is 3. The Balaban J connectivity index is 0.00000106. The van der Waals surface area contributed by atoms with Crippen LogP contribution in [0.15, 0.2) is 110 Å². The average molecular weight is 652 g/mol. The third kappa shape index (κ3) is 5.24. The van der Waals surface area contributed by atoms with E-state index in [1.54, 1.807) is 0 Å². The van der Waals surface area contributed by atoms with Crippen LogP contribution in [0, 0.1) is 0 Å². The van der Waals surface area contributed by atoms with E-state index >= 15 is 0 Å². The monoisotopic (exact) mass is 650 g/mol. The number of hydrogen-bond acceptors (Lipinski definition) is 5. The number of hydrogen-bond donors (Lipinski definition) is 1. The second kappa shape index (κ2) is 12.5. The molecule has 0 bridgehead atoms. The number of nitrogens with two attached hydrogens (primary N) is 1. The molecule has 0 saturated heterocycles. The maximum Gasteiger partial charge on any atom is 0.162 e. The molecule has 4 heterocycles. The van der Waals surface area contributed by atoms with E-state index in [4.69, 9.17) is 15.7 Å². The van der Waals surface area contributed by atoms with E-state index in [0.29, 0.717) is 0 Å². The quantitative estimate of drug-likeness (QED) is 0.206. The van der Waals surface area contributed by atoms with Crippen LogP contribution in [-0.2, 0) is 5.54 Å². The van der Waals surface area contributed by atoms with Gasteiger partial charge >= 0.3 is 0 Å². The largest absolute Gasteiger partial charge is 0.321 e. The molecule has 1 fully saturated rings. The lowest BCUT2D eigenvalue weighted by atomic mass is 9.73. The number of pyridine rings is 2. The predicted molar refractivity (Wildman–Crippen MR) is 184 cm³/mol. The van der Waals surface area contributed by atoms with Gasteiger partial charge < -0.3 is 5.73 Å². The van der Waals surface area contributed by atoms with Crippen molar-refractivity contribution in [1.82, 2.24) is 19.5 Å². The molecule has 0 atom stereocenters. The Bertz CT molecular complexity index is 1820. The zero-order valence-corrected chi connectivity index (χ0v) is 26.2. The Morgan fingerprint density at radius 2 is 1.44 bits per heavy atom. The van der Waals surface area contributed by atoms with Crippen molar-refractivity contribution in [2.24, 2.45) is 5.73 Å². The van der Waals surface area contributed by atoms with Crippen LogP contribution in [-0.4, -0.2) is 19.5 Å². The van der Waals surface area contributed by atoms with E-state index < -0.39 is 0 Å². The summed E-state index contributed by atoms with van der Waals surface area (Å²) in [5, 5.41) is 1.11. The second-order valence-electron chi connectivity index (χ2n) is 10.5. The summed E-state index contributed by atoms with van der Waals surface area (Å²) < 4.78 is 2.16. The molecule has 6 nitrogen and oxygen atoms in total. The van der Waals surface area contributed by atoms with Crippen LogP contribution < -0.4 is 10.6 Å². The third-order valence-electron chi connectivity index (χ3n) is 8.18. The first-order chi connectivity index (χ1) is 19.2. The first-order valence-electron chi connectivity index (χ1n) is 13.4. The molecule has 3 aromatic carbocycles. The fourth-order valence-electron chi connectivity index (χ4n) is 5.89. The number of para-hydroxylation sites is 1. The van der Waals surface area contributed by atoms with Crippen molar-refractivity contribution < 1.29 is 0 Å². The van der Waals surface area contributed by atoms with Gasteiger partial charge in [0.1, 0.15) is 5.82 Å². The minimum absolute atomic E-state index is 0. The molecule has 2 aliphatic rings. The summed E-state index contributed by atoms with van der Waals surface area (Å²) in [5.74, 6) is 1.73. The van der Waals surface area contributed by atoms with Gasteiger partial charge in [-0.1, -0.05) is 42.5 Å². The van der Waals surface area contributed by atoms with E-state index in [9.17, 15) is 0 Å². The highest BCUT2D eigenvalue weighted by Crippen LogP contribution is 2.47. The van der Waals surface area contributed by atoms with Crippen LogP contribution in [0.4, 0.5) is 17.2 Å². The van der Waals surface area contributed by atoms with Crippen molar-refractivity contribution in [1.29, 1.82) is 0 Å². The lowest BCUT2D eigenvalue weighted by molar-refractivity contribution is 0.253. The summed E-state index contributed by atoms with van der Waals surface area (Å²) in [7, 11) is 0. The van der Waals surface area contributed by atoms with Crippen molar-refractivity contribution in [2.75, 3.05) is 4.90 Å². The number of aromatic nitrogens is 4. The van der Waals surface area contributed by atoms with E-state index in [1.807, 2.05) is 24.5 Å². The Morgan fingerprint density at radius 1 is 0.721 bits per heavy atom. The summed E-state index contributed by atoms with van der Waals surface area (Å²) in [5.41, 5.74) is 14.6. The topological polar surface area (TPSA) is 72.9 Å². The van der Waals surface area contributed by atoms with Crippen LogP contribution >= 0.6 is 49.6 Å². The van der Waals surface area contributed by atoms with Crippen molar-refractivity contribution in [3.8, 4) is 28.3 Å². The fraction of sp³-hybridized carbons (Fsp3) is 0.121. The molecule has 1 aliphatic carbocycles. The van der Waals surface area contributed by atoms with Crippen LogP contribution in [0.5, 0.6) is 0 Å². The molecule has 0 spiro atoms. The summed E-state index contributed by atoms with van der Waals surface area (Å²) in [4.78, 5) is 16.9. The molecule has 8 rings (SSSR count). The summed E-state index contributed by atoms with van der Waals surface area (Å²) in [6.07, 6.45) is 9.06. The molecular formula is C33H30Cl4N6. The van der Waals surface area contributed by atoms with E-state index in [-0.39, 0.29) is 55.2 Å². The van der Waals surface area contributed by atoms with Gasteiger partial charge in [-0.05, 0) is 73.4 Å². The average Bonchev–Trinajstić information content (AvgIpc) is 3.38. The number of benzene rings is 3. The zero-order valence-electron chi connectivity index (χ0n) is 23.0. The van der Waals surface area contributed by atoms with Gasteiger partial charge in [-0.15, -0.1) is 49.6 Å². The fourth-order valence-corrected chi connectivity index (χ4v) is 5.89. The molecular weight excluding hydrogens is 622 g/mol. The van der Waals surface area contributed by atoms with Crippen molar-refractivity contribution in [3.05, 3.63) is 115 Å². The minimum atomic E-state index is -0.192. The summed E-state index contributed by atoms with van der Waals surface area (Å²) in [6.45, 7) is 0. The normalized spacial score (nSPS) is 13.7. The Morgan fingerprint density at radius 3 is 2.21 bits per heavy atom. The Labute approximate surface area is 275 Å². The van der Waals surface area contributed by atoms with Gasteiger partial charge in [-0.25, -0.2) is 9.97 Å². The van der Waals surface area contributed by atoms with Crippen LogP contribution in [0.3, 0.4) is 0 Å². The van der Waals surface area contributed by atoms with Crippen molar-refractivity contribution in [3.63, 3.8) is 0 Å². The predicted octanol–water partition coefficient (Wildman–Crippen LogP) is 8.96. The Hall–Kier alpha value is -3.65. The smallest absolute Gasteiger partial charge is 0.162 e. The SMILES string of the molecule is Cl.Cl.Cl.Cl.NC1(c2ccc(N3c4ccccc4-c4nc(-c5ccc6cccnc6c5)cn4-c4cccnc43)cc2)CCC1. The molecule has 1 aliphatic heterocycles. The number of imidazole rings is 1. The van der Waals surface area contributed by atoms with E-state index in [1.165, 1.54) is 12.0 Å². The maximum absolute atomic E-state index is 6.63. The molecule has 1 saturated carbocycles. The van der Waals surface area contributed by atoms with Gasteiger partial charge in [0, 0.05) is 46.3 Å². The highest BCUT2D eigenvalue weighted by Gasteiger charge is 2.35. The molecule has 2 N–H and O–H groups in total. The summed E-state index contributed by atoms with van der Waals surface area (Å²) >= 11 is 0. The minimum Gasteiger partial charge on any atom is -0.321 e. The second-order valence-corrected chi connectivity index (χ2v) is 10.5. The summed E-state index contributed by atoms with van der Waals surface area (Å²) in [6, 6.07) is 31.5. The molecule has 10 heteroatoms. The van der Waals surface area contributed by atoms with Crippen LogP contribution in [0.25, 0.3) is 39.2 Å². The van der Waals surface area contributed by atoms with Crippen LogP contribution in [0.2, 0.25) is 0 Å². The molecule has 3 aromatic heterocycles. The lowest BCUT2D eigenvalue weighted by Crippen LogP contribution is -2.43. The van der Waals surface area contributed by atoms with Gasteiger partial charge in [-0.2, -0.15) is 0 Å². The molecule has 220 valence electrons. The molecule has 0 amide bonds. The highest BCUT2D eigenvalue weighted by atomic mass is 35.5. The maximum atomic E-state index is 6.63. The number of nitrogens with zero attached hydrogens (tertiary/aromatic N) is 5. The Kier molecular flexibility index (Phi) is 9.40. The molecule has 0 unspecified atom stereocenters. The number of fused-ring (bicyclic) bond motifs is 6. The van der Waals surface area contributed by atoms with Crippen molar-refractivity contribution >= 4 is 77.7 Å². The highest BCUT2D eigenvalue weighted by molar-refractivity contribution is 5.92. The van der Waals surface area contributed by atoms with Gasteiger partial charge in [0.25, 0.3) is 0 Å². The third-order valence-corrected chi connectivity index (χ3v) is 8.18. The van der Waals surface area contributed by atoms with Gasteiger partial charge in [0.15, 0.2) is 5.82 Å². The molecule has 6 aromatic rings. The zero-order chi connectivity index (χ0) is 26.0. The first-order valence-corrected chi connectivity index (χ1v) is 13.4. The van der Waals surface area contributed by atoms with Gasteiger partial charge in [0.2, 0.25) is 0 Å². The first kappa shape index (κ1) is 32.3. The molecule has 0 radical (unpaired) electrons.